The van der Waals surface area contributed by atoms with E-state index in [4.69, 9.17) is 9.72 Å². The normalized spacial score (nSPS) is 14.0. The molecule has 1 N–H and O–H groups in total. The van der Waals surface area contributed by atoms with E-state index in [1.807, 2.05) is 74.0 Å². The number of fused-ring (bicyclic) bond motifs is 1. The average molecular weight is 631 g/mol. The number of aliphatic hydroxyl groups is 1. The van der Waals surface area contributed by atoms with Crippen LogP contribution in [0.4, 0.5) is 4.39 Å². The summed E-state index contributed by atoms with van der Waals surface area (Å²) in [7, 11) is 5.49. The van der Waals surface area contributed by atoms with E-state index in [9.17, 15) is 5.11 Å². The molecule has 0 amide bonds. The fraction of sp³-hybridized carbons (Fsp3) is 0.333. The molecular weight excluding hydrogens is 597 g/mol. The first-order valence-corrected chi connectivity index (χ1v) is 15.7. The van der Waals surface area contributed by atoms with Gasteiger partial charge in [-0.15, -0.1) is 23.5 Å². The van der Waals surface area contributed by atoms with Crippen LogP contribution in [0.25, 0.3) is 10.9 Å². The molecule has 0 aliphatic rings. The van der Waals surface area contributed by atoms with Gasteiger partial charge in [-0.05, 0) is 93.0 Å². The van der Waals surface area contributed by atoms with Gasteiger partial charge in [-0.25, -0.2) is 14.4 Å². The standard InChI is InChI=1S/C30H33BrFN3O2S2/c1-18-8-7-9-22(28(18)32)27(23-15-19-14-21(31)10-11-24(19)33-29(23)37-4)30(36,12-13-35(2)3)20-16-25(38-5)34-26(17-20)39-6/h7-11,14-17,27,36H,12-13H2,1-6H3. The number of benzene rings is 2. The van der Waals surface area contributed by atoms with Crippen molar-refractivity contribution in [3.05, 3.63) is 87.1 Å². The average Bonchev–Trinajstić information content (AvgIpc) is 2.93. The zero-order valence-electron chi connectivity index (χ0n) is 23.0. The predicted molar refractivity (Wildman–Crippen MR) is 164 cm³/mol. The number of thioether (sulfide) groups is 2. The van der Waals surface area contributed by atoms with E-state index in [0.29, 0.717) is 41.1 Å². The maximum atomic E-state index is 16.1. The molecular formula is C30H33BrFN3O2S2. The fourth-order valence-electron chi connectivity index (χ4n) is 4.88. The van der Waals surface area contributed by atoms with Crippen LogP contribution in [-0.2, 0) is 5.60 Å². The van der Waals surface area contributed by atoms with Crippen LogP contribution < -0.4 is 4.74 Å². The third kappa shape index (κ3) is 6.28. The Labute approximate surface area is 246 Å². The van der Waals surface area contributed by atoms with Gasteiger partial charge in [0.1, 0.15) is 11.4 Å². The summed E-state index contributed by atoms with van der Waals surface area (Å²) in [6.45, 7) is 2.31. The summed E-state index contributed by atoms with van der Waals surface area (Å²) >= 11 is 6.58. The first kappa shape index (κ1) is 29.8. The van der Waals surface area contributed by atoms with Gasteiger partial charge < -0.3 is 14.7 Å². The lowest BCUT2D eigenvalue weighted by Gasteiger charge is -2.39. The molecule has 0 radical (unpaired) electrons. The molecule has 2 unspecified atom stereocenters. The van der Waals surface area contributed by atoms with Crippen molar-refractivity contribution in [1.29, 1.82) is 0 Å². The van der Waals surface area contributed by atoms with Crippen molar-refractivity contribution in [3.8, 4) is 5.88 Å². The number of hydrogen-bond donors (Lipinski definition) is 1. The van der Waals surface area contributed by atoms with Crippen LogP contribution in [0.15, 0.2) is 69.1 Å². The summed E-state index contributed by atoms with van der Waals surface area (Å²) in [4.78, 5) is 11.5. The lowest BCUT2D eigenvalue weighted by Crippen LogP contribution is -2.38. The van der Waals surface area contributed by atoms with E-state index in [1.165, 1.54) is 23.5 Å². The van der Waals surface area contributed by atoms with E-state index >= 15 is 4.39 Å². The fourth-order valence-corrected chi connectivity index (χ4v) is 6.19. The van der Waals surface area contributed by atoms with Gasteiger partial charge in [0.15, 0.2) is 0 Å². The van der Waals surface area contributed by atoms with Gasteiger partial charge in [0.2, 0.25) is 5.88 Å². The lowest BCUT2D eigenvalue weighted by molar-refractivity contribution is 0.00234. The van der Waals surface area contributed by atoms with Crippen molar-refractivity contribution in [2.75, 3.05) is 40.3 Å². The van der Waals surface area contributed by atoms with Crippen LogP contribution in [0.3, 0.4) is 0 Å². The van der Waals surface area contributed by atoms with Gasteiger partial charge in [-0.3, -0.25) is 0 Å². The van der Waals surface area contributed by atoms with E-state index in [-0.39, 0.29) is 5.82 Å². The van der Waals surface area contributed by atoms with E-state index < -0.39 is 11.5 Å². The summed E-state index contributed by atoms with van der Waals surface area (Å²) < 4.78 is 22.8. The minimum absolute atomic E-state index is 0.337. The molecule has 2 aromatic heterocycles. The largest absolute Gasteiger partial charge is 0.481 e. The van der Waals surface area contributed by atoms with Crippen LogP contribution in [0.1, 0.15) is 34.6 Å². The molecule has 0 fully saturated rings. The van der Waals surface area contributed by atoms with E-state index in [2.05, 4.69) is 20.9 Å². The highest BCUT2D eigenvalue weighted by molar-refractivity contribution is 9.10. The molecule has 2 heterocycles. The minimum Gasteiger partial charge on any atom is -0.481 e. The summed E-state index contributed by atoms with van der Waals surface area (Å²) in [5.41, 5.74) is 1.41. The molecule has 2 aromatic carbocycles. The molecule has 0 aliphatic carbocycles. The Morgan fingerprint density at radius 2 is 1.72 bits per heavy atom. The van der Waals surface area contributed by atoms with E-state index in [1.54, 1.807) is 26.2 Å². The zero-order valence-corrected chi connectivity index (χ0v) is 26.2. The van der Waals surface area contributed by atoms with Crippen molar-refractivity contribution < 1.29 is 14.2 Å². The highest BCUT2D eigenvalue weighted by Gasteiger charge is 2.44. The Hall–Kier alpha value is -2.17. The molecule has 9 heteroatoms. The number of rotatable bonds is 10. The van der Waals surface area contributed by atoms with Gasteiger partial charge in [-0.2, -0.15) is 0 Å². The lowest BCUT2D eigenvalue weighted by atomic mass is 9.71. The molecule has 4 rings (SSSR count). The Kier molecular flexibility index (Phi) is 9.60. The molecule has 5 nitrogen and oxygen atoms in total. The Morgan fingerprint density at radius 1 is 1.03 bits per heavy atom. The smallest absolute Gasteiger partial charge is 0.217 e. The van der Waals surface area contributed by atoms with Crippen LogP contribution in [-0.4, -0.2) is 60.2 Å². The third-order valence-electron chi connectivity index (χ3n) is 6.92. The highest BCUT2D eigenvalue weighted by atomic mass is 79.9. The first-order valence-electron chi connectivity index (χ1n) is 12.5. The third-order valence-corrected chi connectivity index (χ3v) is 8.67. The topological polar surface area (TPSA) is 58.5 Å². The highest BCUT2D eigenvalue weighted by Crippen LogP contribution is 2.49. The number of pyridine rings is 2. The molecule has 0 saturated carbocycles. The monoisotopic (exact) mass is 629 g/mol. The second-order valence-corrected chi connectivity index (χ2v) is 12.3. The van der Waals surface area contributed by atoms with Crippen LogP contribution >= 0.6 is 39.5 Å². The number of hydrogen-bond acceptors (Lipinski definition) is 7. The predicted octanol–water partition coefficient (Wildman–Crippen LogP) is 7.26. The maximum absolute atomic E-state index is 16.1. The van der Waals surface area contributed by atoms with Crippen LogP contribution in [0.5, 0.6) is 5.88 Å². The van der Waals surface area contributed by atoms with Gasteiger partial charge in [0, 0.05) is 22.0 Å². The maximum Gasteiger partial charge on any atom is 0.217 e. The molecule has 39 heavy (non-hydrogen) atoms. The van der Waals surface area contributed by atoms with Crippen molar-refractivity contribution in [3.63, 3.8) is 0 Å². The summed E-state index contributed by atoms with van der Waals surface area (Å²) in [5, 5.41) is 15.4. The van der Waals surface area contributed by atoms with Crippen molar-refractivity contribution in [1.82, 2.24) is 14.9 Å². The molecule has 0 bridgehead atoms. The van der Waals surface area contributed by atoms with E-state index in [0.717, 1.165) is 25.4 Å². The Bertz CT molecular complexity index is 1460. The van der Waals surface area contributed by atoms with Crippen LogP contribution in [0.2, 0.25) is 0 Å². The van der Waals surface area contributed by atoms with Gasteiger partial charge in [0.25, 0.3) is 0 Å². The summed E-state index contributed by atoms with van der Waals surface area (Å²) in [5.74, 6) is -0.829. The zero-order chi connectivity index (χ0) is 28.3. The second-order valence-electron chi connectivity index (χ2n) is 9.75. The minimum atomic E-state index is -1.52. The molecule has 2 atom stereocenters. The van der Waals surface area contributed by atoms with Crippen molar-refractivity contribution in [2.24, 2.45) is 0 Å². The van der Waals surface area contributed by atoms with Crippen LogP contribution in [0, 0.1) is 12.7 Å². The number of aromatic nitrogens is 2. The number of methoxy groups -OCH3 is 1. The summed E-state index contributed by atoms with van der Waals surface area (Å²) in [6.07, 6.45) is 4.26. The number of ether oxygens (including phenoxy) is 1. The molecule has 0 saturated heterocycles. The summed E-state index contributed by atoms with van der Waals surface area (Å²) in [6, 6.07) is 16.9. The van der Waals surface area contributed by atoms with Gasteiger partial charge >= 0.3 is 0 Å². The quantitative estimate of drug-likeness (QED) is 0.185. The van der Waals surface area contributed by atoms with Gasteiger partial charge in [-0.1, -0.05) is 34.1 Å². The van der Waals surface area contributed by atoms with Crippen molar-refractivity contribution >= 4 is 50.4 Å². The molecule has 0 aliphatic heterocycles. The Balaban J connectivity index is 2.11. The number of halogens is 2. The SMILES string of the molecule is COc1nc2ccc(Br)cc2cc1C(c1cccc(C)c1F)C(O)(CCN(C)C)c1cc(SC)nc(SC)c1. The molecule has 4 aromatic rings. The molecule has 0 spiro atoms. The Morgan fingerprint density at radius 3 is 2.33 bits per heavy atom. The number of aryl methyl sites for hydroxylation is 1. The van der Waals surface area contributed by atoms with Gasteiger partial charge in [0.05, 0.1) is 28.6 Å². The second kappa shape index (κ2) is 12.6. The first-order chi connectivity index (χ1) is 18.6. The van der Waals surface area contributed by atoms with Crippen molar-refractivity contribution in [2.45, 2.75) is 34.9 Å². The number of nitrogens with zero attached hydrogens (tertiary/aromatic N) is 3. The molecule has 206 valence electrons.